The molecule has 1 aromatic carbocycles. The van der Waals surface area contributed by atoms with Crippen molar-refractivity contribution in [3.05, 3.63) is 66.0 Å². The molecule has 8 heteroatoms. The lowest BCUT2D eigenvalue weighted by Crippen LogP contribution is -2.47. The van der Waals surface area contributed by atoms with E-state index in [0.717, 1.165) is 29.8 Å². The van der Waals surface area contributed by atoms with Crippen molar-refractivity contribution in [2.24, 2.45) is 5.92 Å². The van der Waals surface area contributed by atoms with Gasteiger partial charge < -0.3 is 14.7 Å². The number of hydrogen-bond acceptors (Lipinski definition) is 5. The molecule has 32 heavy (non-hydrogen) atoms. The molecule has 2 N–H and O–H groups in total. The van der Waals surface area contributed by atoms with Crippen LogP contribution < -0.4 is 4.74 Å². The Morgan fingerprint density at radius 1 is 1.12 bits per heavy atom. The van der Waals surface area contributed by atoms with Crippen LogP contribution in [0.3, 0.4) is 0 Å². The van der Waals surface area contributed by atoms with Crippen molar-refractivity contribution in [3.8, 4) is 17.1 Å². The molecule has 0 spiro atoms. The van der Waals surface area contributed by atoms with Gasteiger partial charge in [-0.25, -0.2) is 0 Å². The van der Waals surface area contributed by atoms with E-state index in [-0.39, 0.29) is 23.9 Å². The number of aromatic amines is 1. The van der Waals surface area contributed by atoms with Crippen LogP contribution in [0.1, 0.15) is 41.6 Å². The van der Waals surface area contributed by atoms with Crippen molar-refractivity contribution >= 4 is 11.9 Å². The largest absolute Gasteiger partial charge is 0.487 e. The number of pyridine rings is 1. The van der Waals surface area contributed by atoms with Gasteiger partial charge in [0.1, 0.15) is 12.4 Å². The summed E-state index contributed by atoms with van der Waals surface area (Å²) >= 11 is 0. The van der Waals surface area contributed by atoms with E-state index >= 15 is 0 Å². The van der Waals surface area contributed by atoms with Crippen molar-refractivity contribution < 1.29 is 19.4 Å². The number of carboxylic acids is 1. The Hall–Kier alpha value is -3.68. The molecule has 1 amide bonds. The summed E-state index contributed by atoms with van der Waals surface area (Å²) in [6, 6.07) is 13.0. The zero-order valence-electron chi connectivity index (χ0n) is 17.5. The fourth-order valence-corrected chi connectivity index (χ4v) is 4.84. The molecule has 5 rings (SSSR count). The second-order valence-electron chi connectivity index (χ2n) is 8.44. The second kappa shape index (κ2) is 8.45. The average Bonchev–Trinajstić information content (AvgIpc) is 3.44. The number of carbonyl (C=O) groups excluding carboxylic acids is 1. The Labute approximate surface area is 185 Å². The maximum atomic E-state index is 13.2. The smallest absolute Gasteiger partial charge is 0.306 e. The lowest BCUT2D eigenvalue weighted by atomic mass is 9.90. The Morgan fingerprint density at radius 3 is 2.59 bits per heavy atom. The van der Waals surface area contributed by atoms with Crippen LogP contribution in [-0.2, 0) is 11.4 Å². The summed E-state index contributed by atoms with van der Waals surface area (Å²) in [4.78, 5) is 30.9. The number of amides is 1. The van der Waals surface area contributed by atoms with Gasteiger partial charge in [-0.05, 0) is 61.6 Å². The molecule has 0 aliphatic carbocycles. The predicted octanol–water partition coefficient (Wildman–Crippen LogP) is 3.52. The number of nitrogens with one attached hydrogen (secondary N) is 1. The van der Waals surface area contributed by atoms with Gasteiger partial charge in [0.15, 0.2) is 0 Å². The van der Waals surface area contributed by atoms with E-state index in [1.165, 1.54) is 0 Å². The highest BCUT2D eigenvalue weighted by atomic mass is 16.5. The molecule has 2 atom stereocenters. The molecule has 2 unspecified atom stereocenters. The highest BCUT2D eigenvalue weighted by Crippen LogP contribution is 2.39. The molecule has 0 saturated carbocycles. The number of carboxylic acid groups (broad SMARTS) is 1. The van der Waals surface area contributed by atoms with E-state index in [9.17, 15) is 14.7 Å². The van der Waals surface area contributed by atoms with Gasteiger partial charge in [-0.1, -0.05) is 12.1 Å². The molecule has 2 bridgehead atoms. The number of hydrogen-bond donors (Lipinski definition) is 2. The number of nitrogens with zero attached hydrogens (tertiary/aromatic N) is 3. The molecule has 3 aromatic rings. The van der Waals surface area contributed by atoms with E-state index < -0.39 is 5.97 Å². The highest BCUT2D eigenvalue weighted by Gasteiger charge is 2.45. The third-order valence-electron chi connectivity index (χ3n) is 6.41. The second-order valence-corrected chi connectivity index (χ2v) is 8.44. The highest BCUT2D eigenvalue weighted by molar-refractivity contribution is 5.95. The molecular weight excluding hydrogens is 408 g/mol. The minimum atomic E-state index is -0.750. The number of rotatable bonds is 6. The Balaban J connectivity index is 1.24. The summed E-state index contributed by atoms with van der Waals surface area (Å²) in [5.74, 6) is -0.475. The number of ether oxygens (including phenoxy) is 1. The van der Waals surface area contributed by atoms with Crippen LogP contribution >= 0.6 is 0 Å². The number of aromatic nitrogens is 3. The van der Waals surface area contributed by atoms with Crippen molar-refractivity contribution in [2.45, 2.75) is 44.4 Å². The summed E-state index contributed by atoms with van der Waals surface area (Å²) in [6.45, 7) is 0.320. The van der Waals surface area contributed by atoms with Gasteiger partial charge in [0.25, 0.3) is 5.91 Å². The van der Waals surface area contributed by atoms with Crippen LogP contribution in [0.25, 0.3) is 11.4 Å². The molecule has 2 fully saturated rings. The third kappa shape index (κ3) is 3.95. The maximum absolute atomic E-state index is 13.2. The first-order chi connectivity index (χ1) is 15.6. The SMILES string of the molecule is O=C(O)C1CC2CCC(C1)N2C(=O)c1cccc(COc2ccc(-c3ccn[nH]3)nc2)c1. The van der Waals surface area contributed by atoms with Crippen LogP contribution in [0, 0.1) is 5.92 Å². The van der Waals surface area contributed by atoms with Crippen molar-refractivity contribution in [3.63, 3.8) is 0 Å². The fourth-order valence-electron chi connectivity index (χ4n) is 4.84. The number of H-pyrrole nitrogens is 1. The molecule has 2 aliphatic rings. The molecular formula is C24H24N4O4. The number of aliphatic carboxylic acids is 1. The Morgan fingerprint density at radius 2 is 1.94 bits per heavy atom. The summed E-state index contributed by atoms with van der Waals surface area (Å²) in [7, 11) is 0. The Kier molecular flexibility index (Phi) is 5.34. The number of carbonyl (C=O) groups is 2. The summed E-state index contributed by atoms with van der Waals surface area (Å²) in [6.07, 6.45) is 6.18. The molecule has 2 saturated heterocycles. The van der Waals surface area contributed by atoms with Gasteiger partial charge in [-0.15, -0.1) is 0 Å². The topological polar surface area (TPSA) is 108 Å². The number of benzene rings is 1. The summed E-state index contributed by atoms with van der Waals surface area (Å²) < 4.78 is 5.86. The Bertz CT molecular complexity index is 1100. The normalized spacial score (nSPS) is 22.0. The van der Waals surface area contributed by atoms with Gasteiger partial charge >= 0.3 is 5.97 Å². The molecule has 4 heterocycles. The van der Waals surface area contributed by atoms with E-state index in [4.69, 9.17) is 4.74 Å². The number of piperidine rings is 1. The van der Waals surface area contributed by atoms with Gasteiger partial charge in [-0.3, -0.25) is 19.7 Å². The first-order valence-corrected chi connectivity index (χ1v) is 10.8. The van der Waals surface area contributed by atoms with Crippen LogP contribution in [-0.4, -0.2) is 49.1 Å². The predicted molar refractivity (Wildman–Crippen MR) is 116 cm³/mol. The van der Waals surface area contributed by atoms with Gasteiger partial charge in [-0.2, -0.15) is 5.10 Å². The molecule has 164 valence electrons. The lowest BCUT2D eigenvalue weighted by Gasteiger charge is -2.37. The van der Waals surface area contributed by atoms with Crippen LogP contribution in [0.2, 0.25) is 0 Å². The fraction of sp³-hybridized carbons (Fsp3) is 0.333. The zero-order valence-corrected chi connectivity index (χ0v) is 17.5. The standard InChI is InChI=1S/C24H24N4O4/c29-23(28-18-4-5-19(28)12-17(11-18)24(30)31)16-3-1-2-15(10-16)14-32-20-6-7-21(25-13-20)22-8-9-26-27-22/h1-3,6-10,13,17-19H,4-5,11-12,14H2,(H,26,27)(H,30,31). The van der Waals surface area contributed by atoms with E-state index in [1.54, 1.807) is 12.4 Å². The lowest BCUT2D eigenvalue weighted by molar-refractivity contribution is -0.144. The maximum Gasteiger partial charge on any atom is 0.306 e. The van der Waals surface area contributed by atoms with Crippen molar-refractivity contribution in [1.82, 2.24) is 20.1 Å². The van der Waals surface area contributed by atoms with E-state index in [1.807, 2.05) is 47.4 Å². The quantitative estimate of drug-likeness (QED) is 0.617. The summed E-state index contributed by atoms with van der Waals surface area (Å²) in [5.41, 5.74) is 3.12. The zero-order chi connectivity index (χ0) is 22.1. The van der Waals surface area contributed by atoms with Crippen molar-refractivity contribution in [2.75, 3.05) is 0 Å². The molecule has 0 radical (unpaired) electrons. The number of fused-ring (bicyclic) bond motifs is 2. The summed E-state index contributed by atoms with van der Waals surface area (Å²) in [5, 5.41) is 16.2. The van der Waals surface area contributed by atoms with Crippen molar-refractivity contribution in [1.29, 1.82) is 0 Å². The van der Waals surface area contributed by atoms with Crippen LogP contribution in [0.4, 0.5) is 0 Å². The molecule has 2 aromatic heterocycles. The van der Waals surface area contributed by atoms with E-state index in [0.29, 0.717) is 30.8 Å². The van der Waals surface area contributed by atoms with Gasteiger partial charge in [0.05, 0.1) is 23.5 Å². The molecule has 2 aliphatic heterocycles. The van der Waals surface area contributed by atoms with Gasteiger partial charge in [0, 0.05) is 23.8 Å². The first kappa shape index (κ1) is 20.2. The average molecular weight is 432 g/mol. The van der Waals surface area contributed by atoms with E-state index in [2.05, 4.69) is 15.2 Å². The minimum Gasteiger partial charge on any atom is -0.487 e. The minimum absolute atomic E-state index is 0.0155. The van der Waals surface area contributed by atoms with Crippen LogP contribution in [0.15, 0.2) is 54.9 Å². The first-order valence-electron chi connectivity index (χ1n) is 10.8. The van der Waals surface area contributed by atoms with Crippen LogP contribution in [0.5, 0.6) is 5.75 Å². The molecule has 8 nitrogen and oxygen atoms in total. The monoisotopic (exact) mass is 432 g/mol. The van der Waals surface area contributed by atoms with Gasteiger partial charge in [0.2, 0.25) is 0 Å². The third-order valence-corrected chi connectivity index (χ3v) is 6.41.